The van der Waals surface area contributed by atoms with E-state index in [1.165, 1.54) is 30.4 Å². The molecule has 1 saturated heterocycles. The van der Waals surface area contributed by atoms with Gasteiger partial charge >= 0.3 is 0 Å². The molecule has 6 heteroatoms. The molecule has 4 unspecified atom stereocenters. The van der Waals surface area contributed by atoms with Crippen LogP contribution in [-0.2, 0) is 11.3 Å². The second kappa shape index (κ2) is 9.60. The van der Waals surface area contributed by atoms with Crippen molar-refractivity contribution >= 4 is 30.7 Å². The zero-order valence-corrected chi connectivity index (χ0v) is 17.7. The number of likely N-dealkylation sites (tertiary alicyclic amines) is 1. The minimum absolute atomic E-state index is 0. The van der Waals surface area contributed by atoms with Crippen LogP contribution in [-0.4, -0.2) is 36.0 Å². The Hall–Kier alpha value is -0.810. The van der Waals surface area contributed by atoms with Crippen molar-refractivity contribution in [1.82, 2.24) is 10.2 Å². The number of rotatable bonds is 4. The van der Waals surface area contributed by atoms with E-state index < -0.39 is 0 Å². The monoisotopic (exact) mass is 413 g/mol. The van der Waals surface area contributed by atoms with Gasteiger partial charge in [0.25, 0.3) is 0 Å². The van der Waals surface area contributed by atoms with Crippen LogP contribution in [0.3, 0.4) is 0 Å². The topological polar surface area (TPSA) is 58.4 Å². The maximum atomic E-state index is 12.7. The van der Waals surface area contributed by atoms with E-state index in [4.69, 9.17) is 5.73 Å². The van der Waals surface area contributed by atoms with Crippen LogP contribution < -0.4 is 11.1 Å². The molecule has 2 aliphatic carbocycles. The van der Waals surface area contributed by atoms with Crippen LogP contribution in [0, 0.1) is 24.7 Å². The van der Waals surface area contributed by atoms with E-state index >= 15 is 0 Å². The van der Waals surface area contributed by atoms with E-state index in [0.717, 1.165) is 32.5 Å². The van der Waals surface area contributed by atoms with Gasteiger partial charge in [0.2, 0.25) is 5.91 Å². The third kappa shape index (κ3) is 4.79. The fourth-order valence-corrected chi connectivity index (χ4v) is 5.29. The minimum atomic E-state index is 0. The van der Waals surface area contributed by atoms with Gasteiger partial charge in [-0.2, -0.15) is 0 Å². The highest BCUT2D eigenvalue weighted by molar-refractivity contribution is 5.85. The van der Waals surface area contributed by atoms with Gasteiger partial charge in [-0.15, -0.1) is 24.8 Å². The van der Waals surface area contributed by atoms with Crippen LogP contribution in [0.2, 0.25) is 0 Å². The Kier molecular flexibility index (Phi) is 7.99. The molecule has 0 aromatic heterocycles. The van der Waals surface area contributed by atoms with Gasteiger partial charge in [0, 0.05) is 31.7 Å². The van der Waals surface area contributed by atoms with Crippen molar-refractivity contribution in [2.24, 2.45) is 23.5 Å². The summed E-state index contributed by atoms with van der Waals surface area (Å²) in [5, 5.41) is 3.33. The smallest absolute Gasteiger partial charge is 0.225 e. The van der Waals surface area contributed by atoms with Gasteiger partial charge < -0.3 is 11.1 Å². The quantitative estimate of drug-likeness (QED) is 0.795. The number of carbonyl (C=O) groups is 1. The van der Waals surface area contributed by atoms with E-state index in [9.17, 15) is 4.79 Å². The number of hydrogen-bond acceptors (Lipinski definition) is 3. The van der Waals surface area contributed by atoms with Crippen molar-refractivity contribution in [3.05, 3.63) is 35.4 Å². The molecule has 3 fully saturated rings. The summed E-state index contributed by atoms with van der Waals surface area (Å²) in [7, 11) is 0. The molecule has 3 N–H and O–H groups in total. The highest BCUT2D eigenvalue weighted by atomic mass is 35.5. The number of nitrogens with one attached hydrogen (secondary N) is 1. The molecule has 1 amide bonds. The Morgan fingerprint density at radius 1 is 1.11 bits per heavy atom. The molecule has 27 heavy (non-hydrogen) atoms. The molecule has 1 heterocycles. The summed E-state index contributed by atoms with van der Waals surface area (Å²) in [5.74, 6) is 1.44. The van der Waals surface area contributed by atoms with Crippen molar-refractivity contribution in [3.8, 4) is 0 Å². The molecular weight excluding hydrogens is 381 g/mol. The molecule has 1 aliphatic heterocycles. The third-order valence-corrected chi connectivity index (χ3v) is 6.87. The van der Waals surface area contributed by atoms with Crippen molar-refractivity contribution in [2.75, 3.05) is 13.1 Å². The molecule has 4 rings (SSSR count). The molecule has 3 aliphatic rings. The second-order valence-corrected chi connectivity index (χ2v) is 8.42. The summed E-state index contributed by atoms with van der Waals surface area (Å²) >= 11 is 0. The first kappa shape index (κ1) is 22.5. The van der Waals surface area contributed by atoms with Gasteiger partial charge in [0.1, 0.15) is 0 Å². The summed E-state index contributed by atoms with van der Waals surface area (Å²) in [4.78, 5) is 15.2. The molecule has 4 atom stereocenters. The molecule has 1 aromatic rings. The molecule has 152 valence electrons. The number of amides is 1. The van der Waals surface area contributed by atoms with E-state index in [2.05, 4.69) is 41.4 Å². The SMILES string of the molecule is Cc1ccccc1CN1CCC(NC(=O)C2C3CCC(C3)C2N)CC1.Cl.Cl. The van der Waals surface area contributed by atoms with Crippen LogP contribution in [0.5, 0.6) is 0 Å². The summed E-state index contributed by atoms with van der Waals surface area (Å²) < 4.78 is 0. The molecule has 0 spiro atoms. The van der Waals surface area contributed by atoms with E-state index in [1.54, 1.807) is 0 Å². The van der Waals surface area contributed by atoms with Gasteiger partial charge in [0.15, 0.2) is 0 Å². The van der Waals surface area contributed by atoms with E-state index in [-0.39, 0.29) is 42.7 Å². The van der Waals surface area contributed by atoms with Gasteiger partial charge in [-0.25, -0.2) is 0 Å². The highest BCUT2D eigenvalue weighted by Gasteiger charge is 2.49. The molecule has 2 bridgehead atoms. The summed E-state index contributed by atoms with van der Waals surface area (Å²) in [6, 6.07) is 9.04. The number of hydrogen-bond donors (Lipinski definition) is 2. The number of nitrogens with two attached hydrogens (primary N) is 1. The average Bonchev–Trinajstić information content (AvgIpc) is 3.19. The van der Waals surface area contributed by atoms with Crippen molar-refractivity contribution < 1.29 is 4.79 Å². The number of carbonyl (C=O) groups excluding carboxylic acids is 1. The normalized spacial score (nSPS) is 30.4. The first-order chi connectivity index (χ1) is 12.1. The molecule has 1 aromatic carbocycles. The average molecular weight is 414 g/mol. The first-order valence-corrected chi connectivity index (χ1v) is 9.94. The van der Waals surface area contributed by atoms with Crippen molar-refractivity contribution in [3.63, 3.8) is 0 Å². The molecule has 4 nitrogen and oxygen atoms in total. The van der Waals surface area contributed by atoms with Crippen LogP contribution in [0.25, 0.3) is 0 Å². The Labute approximate surface area is 175 Å². The molecular formula is C21H33Cl2N3O. The Balaban J connectivity index is 0.00000131. The van der Waals surface area contributed by atoms with Crippen molar-refractivity contribution in [1.29, 1.82) is 0 Å². The molecule has 0 radical (unpaired) electrons. The Bertz CT molecular complexity index is 632. The Morgan fingerprint density at radius 2 is 1.78 bits per heavy atom. The maximum absolute atomic E-state index is 12.7. The van der Waals surface area contributed by atoms with Crippen LogP contribution >= 0.6 is 24.8 Å². The lowest BCUT2D eigenvalue weighted by Crippen LogP contribution is -2.50. The van der Waals surface area contributed by atoms with Crippen molar-refractivity contribution in [2.45, 2.75) is 57.7 Å². The number of piperidine rings is 1. The van der Waals surface area contributed by atoms with Crippen LogP contribution in [0.15, 0.2) is 24.3 Å². The maximum Gasteiger partial charge on any atom is 0.225 e. The zero-order valence-electron chi connectivity index (χ0n) is 16.1. The van der Waals surface area contributed by atoms with Gasteiger partial charge in [-0.1, -0.05) is 24.3 Å². The second-order valence-electron chi connectivity index (χ2n) is 8.42. The van der Waals surface area contributed by atoms with Gasteiger partial charge in [-0.05, 0) is 62.0 Å². The minimum Gasteiger partial charge on any atom is -0.353 e. The molecule has 2 saturated carbocycles. The third-order valence-electron chi connectivity index (χ3n) is 6.87. The standard InChI is InChI=1S/C21H31N3O.2ClH/c1-14-4-2-3-5-17(14)13-24-10-8-18(9-11-24)23-21(25)19-15-6-7-16(12-15)20(19)22;;/h2-5,15-16,18-20H,6-13,22H2,1H3,(H,23,25);2*1H. The number of fused-ring (bicyclic) bond motifs is 2. The summed E-state index contributed by atoms with van der Waals surface area (Å²) in [6.07, 6.45) is 5.70. The fraction of sp³-hybridized carbons (Fsp3) is 0.667. The van der Waals surface area contributed by atoms with E-state index in [0.29, 0.717) is 17.9 Å². The highest BCUT2D eigenvalue weighted by Crippen LogP contribution is 2.47. The number of nitrogens with zero attached hydrogens (tertiary/aromatic N) is 1. The van der Waals surface area contributed by atoms with Gasteiger partial charge in [0.05, 0.1) is 5.92 Å². The first-order valence-electron chi connectivity index (χ1n) is 9.94. The van der Waals surface area contributed by atoms with Gasteiger partial charge in [-0.3, -0.25) is 9.69 Å². The Morgan fingerprint density at radius 3 is 2.41 bits per heavy atom. The lowest BCUT2D eigenvalue weighted by Gasteiger charge is -2.34. The van der Waals surface area contributed by atoms with Crippen LogP contribution in [0.1, 0.15) is 43.2 Å². The summed E-state index contributed by atoms with van der Waals surface area (Å²) in [6.45, 7) is 5.32. The summed E-state index contributed by atoms with van der Waals surface area (Å²) in [5.41, 5.74) is 9.10. The number of aryl methyl sites for hydroxylation is 1. The van der Waals surface area contributed by atoms with E-state index in [1.807, 2.05) is 0 Å². The zero-order chi connectivity index (χ0) is 17.4. The number of halogens is 2. The van der Waals surface area contributed by atoms with Crippen LogP contribution in [0.4, 0.5) is 0 Å². The lowest BCUT2D eigenvalue weighted by atomic mass is 9.84. The largest absolute Gasteiger partial charge is 0.353 e. The predicted molar refractivity (Wildman–Crippen MR) is 114 cm³/mol. The fourth-order valence-electron chi connectivity index (χ4n) is 5.29. The lowest BCUT2D eigenvalue weighted by molar-refractivity contribution is -0.128. The predicted octanol–water partition coefficient (Wildman–Crippen LogP) is 3.29. The number of benzene rings is 1.